The van der Waals surface area contributed by atoms with Crippen LogP contribution >= 0.6 is 0 Å². The molecule has 0 fully saturated rings. The average molecular weight is 329 g/mol. The van der Waals surface area contributed by atoms with E-state index >= 15 is 0 Å². The maximum Gasteiger partial charge on any atom is 0.255 e. The van der Waals surface area contributed by atoms with Gasteiger partial charge in [-0.3, -0.25) is 4.79 Å². The predicted molar refractivity (Wildman–Crippen MR) is 84.3 cm³/mol. The third-order valence-corrected chi connectivity index (χ3v) is 3.31. The molecule has 2 aromatic heterocycles. The molecule has 3 aromatic rings. The molecule has 9 nitrogen and oxygen atoms in total. The zero-order chi connectivity index (χ0) is 17.1. The second-order valence-electron chi connectivity index (χ2n) is 4.87. The van der Waals surface area contributed by atoms with Crippen molar-refractivity contribution in [3.8, 4) is 17.4 Å². The van der Waals surface area contributed by atoms with Gasteiger partial charge in [0, 0.05) is 12.1 Å². The topological polar surface area (TPSA) is 111 Å². The van der Waals surface area contributed by atoms with Gasteiger partial charge in [-0.2, -0.15) is 14.6 Å². The lowest BCUT2D eigenvalue weighted by atomic mass is 10.2. The smallest absolute Gasteiger partial charge is 0.255 e. The van der Waals surface area contributed by atoms with Crippen LogP contribution in [0.1, 0.15) is 5.69 Å². The summed E-state index contributed by atoms with van der Waals surface area (Å²) in [6.07, 6.45) is 1.23. The number of hydrogen-bond acceptors (Lipinski definition) is 7. The standard InChI is InChI=1S/C15H15N5O4/c1-23-10-3-4-12(24-2)11(7-10)19-13(21)5-9-6-14(22)20-15(18-9)16-8-17-20/h3-4,6-8,22H,5H2,1-2H3,(H,19,21). The molecule has 3 rings (SSSR count). The molecule has 9 heteroatoms. The lowest BCUT2D eigenvalue weighted by Crippen LogP contribution is -2.16. The van der Waals surface area contributed by atoms with Gasteiger partial charge in [0.15, 0.2) is 0 Å². The number of carbonyl (C=O) groups is 1. The lowest BCUT2D eigenvalue weighted by Gasteiger charge is -2.11. The third kappa shape index (κ3) is 3.05. The molecular weight excluding hydrogens is 314 g/mol. The molecule has 0 aliphatic carbocycles. The second-order valence-corrected chi connectivity index (χ2v) is 4.87. The normalized spacial score (nSPS) is 10.6. The Morgan fingerprint density at radius 3 is 2.88 bits per heavy atom. The molecule has 2 N–H and O–H groups in total. The number of fused-ring (bicyclic) bond motifs is 1. The third-order valence-electron chi connectivity index (χ3n) is 3.31. The Bertz CT molecular complexity index is 893. The number of amides is 1. The summed E-state index contributed by atoms with van der Waals surface area (Å²) in [5.41, 5.74) is 0.849. The Hall–Kier alpha value is -3.36. The lowest BCUT2D eigenvalue weighted by molar-refractivity contribution is -0.115. The van der Waals surface area contributed by atoms with Crippen LogP contribution < -0.4 is 14.8 Å². The van der Waals surface area contributed by atoms with Crippen molar-refractivity contribution in [2.24, 2.45) is 0 Å². The molecule has 2 heterocycles. The minimum Gasteiger partial charge on any atom is -0.497 e. The molecule has 1 aromatic carbocycles. The number of ether oxygens (including phenoxy) is 2. The maximum absolute atomic E-state index is 12.3. The van der Waals surface area contributed by atoms with Crippen molar-refractivity contribution >= 4 is 17.4 Å². The highest BCUT2D eigenvalue weighted by atomic mass is 16.5. The number of anilines is 1. The first-order valence-electron chi connectivity index (χ1n) is 7.01. The molecule has 24 heavy (non-hydrogen) atoms. The Morgan fingerprint density at radius 2 is 2.12 bits per heavy atom. The van der Waals surface area contributed by atoms with E-state index in [1.54, 1.807) is 18.2 Å². The molecule has 0 unspecified atom stereocenters. The van der Waals surface area contributed by atoms with Gasteiger partial charge in [0.1, 0.15) is 17.8 Å². The van der Waals surface area contributed by atoms with Crippen LogP contribution in [0.25, 0.3) is 5.78 Å². The summed E-state index contributed by atoms with van der Waals surface area (Å²) in [5, 5.41) is 16.4. The van der Waals surface area contributed by atoms with Crippen molar-refractivity contribution in [1.29, 1.82) is 0 Å². The number of carbonyl (C=O) groups excluding carboxylic acids is 1. The molecule has 0 aliphatic rings. The monoisotopic (exact) mass is 329 g/mol. The minimum atomic E-state index is -0.322. The van der Waals surface area contributed by atoms with E-state index in [0.717, 1.165) is 0 Å². The van der Waals surface area contributed by atoms with Crippen LogP contribution in [0.4, 0.5) is 5.69 Å². The second kappa shape index (κ2) is 6.41. The molecule has 0 radical (unpaired) electrons. The molecular formula is C15H15N5O4. The van der Waals surface area contributed by atoms with Gasteiger partial charge in [-0.15, -0.1) is 0 Å². The molecule has 1 amide bonds. The van der Waals surface area contributed by atoms with Gasteiger partial charge in [0.25, 0.3) is 5.78 Å². The Labute approximate surface area is 136 Å². The van der Waals surface area contributed by atoms with Crippen LogP contribution in [0.3, 0.4) is 0 Å². The number of benzene rings is 1. The van der Waals surface area contributed by atoms with Crippen LogP contribution in [0.5, 0.6) is 17.4 Å². The van der Waals surface area contributed by atoms with Gasteiger partial charge in [-0.25, -0.2) is 4.98 Å². The Morgan fingerprint density at radius 1 is 1.29 bits per heavy atom. The van der Waals surface area contributed by atoms with Gasteiger partial charge in [-0.05, 0) is 12.1 Å². The van der Waals surface area contributed by atoms with Gasteiger partial charge in [-0.1, -0.05) is 0 Å². The van der Waals surface area contributed by atoms with Crippen molar-refractivity contribution in [2.45, 2.75) is 6.42 Å². The highest BCUT2D eigenvalue weighted by Gasteiger charge is 2.13. The molecule has 124 valence electrons. The van der Waals surface area contributed by atoms with Crippen LogP contribution in [0, 0.1) is 0 Å². The number of nitrogens with one attached hydrogen (secondary N) is 1. The van der Waals surface area contributed by atoms with E-state index in [1.807, 2.05) is 0 Å². The number of hydrogen-bond donors (Lipinski definition) is 2. The molecule has 0 spiro atoms. The summed E-state index contributed by atoms with van der Waals surface area (Å²) in [4.78, 5) is 20.3. The van der Waals surface area contributed by atoms with E-state index in [1.165, 1.54) is 31.1 Å². The molecule has 0 saturated carbocycles. The van der Waals surface area contributed by atoms with Crippen molar-refractivity contribution in [3.05, 3.63) is 36.3 Å². The Kier molecular flexibility index (Phi) is 4.15. The molecule has 0 atom stereocenters. The van der Waals surface area contributed by atoms with Crippen molar-refractivity contribution in [1.82, 2.24) is 19.6 Å². The zero-order valence-corrected chi connectivity index (χ0v) is 13.1. The largest absolute Gasteiger partial charge is 0.497 e. The van der Waals surface area contributed by atoms with Gasteiger partial charge >= 0.3 is 0 Å². The Balaban J connectivity index is 1.79. The first-order valence-corrected chi connectivity index (χ1v) is 7.01. The van der Waals surface area contributed by atoms with Gasteiger partial charge in [0.05, 0.1) is 32.0 Å². The summed E-state index contributed by atoms with van der Waals surface area (Å²) in [7, 11) is 3.05. The molecule has 0 bridgehead atoms. The number of aromatic nitrogens is 4. The van der Waals surface area contributed by atoms with Crippen LogP contribution in [-0.4, -0.2) is 44.8 Å². The highest BCUT2D eigenvalue weighted by Crippen LogP contribution is 2.29. The summed E-state index contributed by atoms with van der Waals surface area (Å²) < 4.78 is 11.5. The first kappa shape index (κ1) is 15.5. The number of aromatic hydroxyl groups is 1. The molecule has 0 saturated heterocycles. The van der Waals surface area contributed by atoms with Crippen LogP contribution in [0.2, 0.25) is 0 Å². The average Bonchev–Trinajstić information content (AvgIpc) is 3.03. The quantitative estimate of drug-likeness (QED) is 0.719. The summed E-state index contributed by atoms with van der Waals surface area (Å²) in [6, 6.07) is 6.45. The fourth-order valence-electron chi connectivity index (χ4n) is 2.21. The zero-order valence-electron chi connectivity index (χ0n) is 13.1. The SMILES string of the molecule is COc1ccc(OC)c(NC(=O)Cc2cc(O)n3ncnc3n2)c1. The predicted octanol–water partition coefficient (Wildman–Crippen LogP) is 1.03. The van der Waals surface area contributed by atoms with E-state index in [9.17, 15) is 9.90 Å². The summed E-state index contributed by atoms with van der Waals surface area (Å²) in [6.45, 7) is 0. The number of nitrogens with zero attached hydrogens (tertiary/aromatic N) is 4. The fourth-order valence-corrected chi connectivity index (χ4v) is 2.21. The van der Waals surface area contributed by atoms with E-state index in [2.05, 4.69) is 20.4 Å². The van der Waals surface area contributed by atoms with E-state index in [-0.39, 0.29) is 24.0 Å². The van der Waals surface area contributed by atoms with Crippen molar-refractivity contribution in [3.63, 3.8) is 0 Å². The van der Waals surface area contributed by atoms with Crippen LogP contribution in [-0.2, 0) is 11.2 Å². The number of methoxy groups -OCH3 is 2. The summed E-state index contributed by atoms with van der Waals surface area (Å²) in [5.74, 6) is 0.855. The first-order chi connectivity index (χ1) is 11.6. The van der Waals surface area contributed by atoms with Crippen molar-refractivity contribution < 1.29 is 19.4 Å². The molecule has 0 aliphatic heterocycles. The highest BCUT2D eigenvalue weighted by molar-refractivity contribution is 5.93. The van der Waals surface area contributed by atoms with E-state index in [4.69, 9.17) is 9.47 Å². The fraction of sp³-hybridized carbons (Fsp3) is 0.200. The van der Waals surface area contributed by atoms with Crippen molar-refractivity contribution in [2.75, 3.05) is 19.5 Å². The van der Waals surface area contributed by atoms with Gasteiger partial charge in [0.2, 0.25) is 11.8 Å². The maximum atomic E-state index is 12.3. The van der Waals surface area contributed by atoms with Gasteiger partial charge < -0.3 is 19.9 Å². The number of rotatable bonds is 5. The summed E-state index contributed by atoms with van der Waals surface area (Å²) >= 11 is 0. The van der Waals surface area contributed by atoms with E-state index < -0.39 is 0 Å². The minimum absolute atomic E-state index is 0.0444. The van der Waals surface area contributed by atoms with Crippen LogP contribution in [0.15, 0.2) is 30.6 Å². The van der Waals surface area contributed by atoms with E-state index in [0.29, 0.717) is 22.9 Å².